The van der Waals surface area contributed by atoms with E-state index in [1.165, 1.54) is 6.20 Å². The highest BCUT2D eigenvalue weighted by Gasteiger charge is 2.05. The predicted octanol–water partition coefficient (Wildman–Crippen LogP) is 3.87. The Morgan fingerprint density at radius 3 is 2.71 bits per heavy atom. The largest absolute Gasteiger partial charge is 0.368 e. The van der Waals surface area contributed by atoms with Crippen molar-refractivity contribution in [1.29, 1.82) is 0 Å². The molecule has 7 heteroatoms. The van der Waals surface area contributed by atoms with E-state index in [4.69, 9.17) is 28.9 Å². The van der Waals surface area contributed by atoms with Crippen molar-refractivity contribution >= 4 is 56.6 Å². The van der Waals surface area contributed by atoms with Crippen molar-refractivity contribution in [2.45, 2.75) is 0 Å². The molecule has 1 heterocycles. The zero-order valence-electron chi connectivity index (χ0n) is 8.42. The lowest BCUT2D eigenvalue weighted by Crippen LogP contribution is -2.00. The molecule has 0 atom stereocenters. The quantitative estimate of drug-likeness (QED) is 0.875. The molecule has 88 valence electrons. The molecular formula is C10H7BrCl2N4. The van der Waals surface area contributed by atoms with Crippen LogP contribution in [0.3, 0.4) is 0 Å². The van der Waals surface area contributed by atoms with Crippen LogP contribution in [0.5, 0.6) is 0 Å². The van der Waals surface area contributed by atoms with E-state index in [0.29, 0.717) is 15.9 Å². The minimum absolute atomic E-state index is 0.153. The van der Waals surface area contributed by atoms with Gasteiger partial charge in [-0.3, -0.25) is 0 Å². The van der Waals surface area contributed by atoms with Crippen molar-refractivity contribution in [2.75, 3.05) is 11.1 Å². The summed E-state index contributed by atoms with van der Waals surface area (Å²) in [6.45, 7) is 0. The summed E-state index contributed by atoms with van der Waals surface area (Å²) in [6, 6.07) is 5.41. The zero-order chi connectivity index (χ0) is 12.4. The molecule has 1 aromatic carbocycles. The minimum atomic E-state index is 0.153. The van der Waals surface area contributed by atoms with Gasteiger partial charge in [-0.15, -0.1) is 0 Å². The first-order valence-electron chi connectivity index (χ1n) is 4.56. The second-order valence-electron chi connectivity index (χ2n) is 3.18. The van der Waals surface area contributed by atoms with E-state index in [9.17, 15) is 0 Å². The Labute approximate surface area is 116 Å². The molecule has 0 aliphatic carbocycles. The second-order valence-corrected chi connectivity index (χ2v) is 4.85. The van der Waals surface area contributed by atoms with E-state index >= 15 is 0 Å². The molecule has 0 aliphatic heterocycles. The van der Waals surface area contributed by atoms with Gasteiger partial charge in [0.05, 0.1) is 11.2 Å². The maximum absolute atomic E-state index is 5.97. The summed E-state index contributed by atoms with van der Waals surface area (Å²) < 4.78 is 0.818. The molecule has 0 saturated carbocycles. The van der Waals surface area contributed by atoms with Crippen LogP contribution in [0.1, 0.15) is 0 Å². The lowest BCUT2D eigenvalue weighted by atomic mass is 10.3. The van der Waals surface area contributed by atoms with Crippen LogP contribution in [0, 0.1) is 0 Å². The molecule has 0 spiro atoms. The molecule has 4 nitrogen and oxygen atoms in total. The minimum Gasteiger partial charge on any atom is -0.368 e. The SMILES string of the molecule is Nc1ncc(Cl)c(Nc2ccc(Br)c(Cl)c2)n1. The summed E-state index contributed by atoms with van der Waals surface area (Å²) >= 11 is 15.2. The lowest BCUT2D eigenvalue weighted by molar-refractivity contribution is 1.18. The van der Waals surface area contributed by atoms with Crippen molar-refractivity contribution in [1.82, 2.24) is 9.97 Å². The summed E-state index contributed by atoms with van der Waals surface area (Å²) in [5.41, 5.74) is 6.24. The highest BCUT2D eigenvalue weighted by molar-refractivity contribution is 9.10. The van der Waals surface area contributed by atoms with Crippen molar-refractivity contribution in [3.8, 4) is 0 Å². The van der Waals surface area contributed by atoms with E-state index in [1.54, 1.807) is 6.07 Å². The fourth-order valence-electron chi connectivity index (χ4n) is 1.18. The van der Waals surface area contributed by atoms with E-state index in [-0.39, 0.29) is 5.95 Å². The van der Waals surface area contributed by atoms with Crippen LogP contribution < -0.4 is 11.1 Å². The molecule has 0 amide bonds. The summed E-state index contributed by atoms with van der Waals surface area (Å²) in [5.74, 6) is 0.595. The average Bonchev–Trinajstić information content (AvgIpc) is 2.29. The van der Waals surface area contributed by atoms with Gasteiger partial charge in [0.15, 0.2) is 5.82 Å². The number of halogens is 3. The predicted molar refractivity (Wildman–Crippen MR) is 73.9 cm³/mol. The van der Waals surface area contributed by atoms with Gasteiger partial charge in [0.25, 0.3) is 0 Å². The first-order valence-corrected chi connectivity index (χ1v) is 6.11. The van der Waals surface area contributed by atoms with Gasteiger partial charge in [0.2, 0.25) is 5.95 Å². The first-order chi connectivity index (χ1) is 8.06. The Hall–Kier alpha value is -1.04. The standard InChI is InChI=1S/C10H7BrCl2N4/c11-6-2-1-5(3-7(6)12)16-9-8(13)4-15-10(14)17-9/h1-4H,(H3,14,15,16,17). The zero-order valence-corrected chi connectivity index (χ0v) is 11.5. The van der Waals surface area contributed by atoms with Crippen LogP contribution in [-0.2, 0) is 0 Å². The summed E-state index contributed by atoms with van der Waals surface area (Å²) in [4.78, 5) is 7.76. The van der Waals surface area contributed by atoms with E-state index in [2.05, 4.69) is 31.2 Å². The number of nitrogen functional groups attached to an aromatic ring is 1. The molecule has 2 rings (SSSR count). The normalized spacial score (nSPS) is 10.3. The number of nitrogens with one attached hydrogen (secondary N) is 1. The topological polar surface area (TPSA) is 63.8 Å². The number of benzene rings is 1. The molecule has 0 aliphatic rings. The third kappa shape index (κ3) is 3.00. The van der Waals surface area contributed by atoms with Crippen molar-refractivity contribution < 1.29 is 0 Å². The molecule has 0 bridgehead atoms. The summed E-state index contributed by atoms with van der Waals surface area (Å²) in [7, 11) is 0. The van der Waals surface area contributed by atoms with E-state index < -0.39 is 0 Å². The van der Waals surface area contributed by atoms with Gasteiger partial charge >= 0.3 is 0 Å². The number of aromatic nitrogens is 2. The van der Waals surface area contributed by atoms with Gasteiger partial charge in [-0.1, -0.05) is 23.2 Å². The Bertz CT molecular complexity index is 562. The van der Waals surface area contributed by atoms with E-state index in [1.807, 2.05) is 12.1 Å². The van der Waals surface area contributed by atoms with Gasteiger partial charge in [0, 0.05) is 10.2 Å². The number of nitrogens with two attached hydrogens (primary N) is 1. The molecule has 3 N–H and O–H groups in total. The molecule has 0 fully saturated rings. The van der Waals surface area contributed by atoms with Crippen molar-refractivity contribution in [3.05, 3.63) is 38.9 Å². The Balaban J connectivity index is 2.31. The van der Waals surface area contributed by atoms with Gasteiger partial charge < -0.3 is 11.1 Å². The van der Waals surface area contributed by atoms with Gasteiger partial charge in [-0.25, -0.2) is 4.98 Å². The van der Waals surface area contributed by atoms with Crippen LogP contribution in [0.2, 0.25) is 10.0 Å². The molecular weight excluding hydrogens is 327 g/mol. The van der Waals surface area contributed by atoms with Gasteiger partial charge in [-0.2, -0.15) is 4.98 Å². The van der Waals surface area contributed by atoms with Crippen LogP contribution in [-0.4, -0.2) is 9.97 Å². The first kappa shape index (κ1) is 12.4. The molecule has 2 aromatic rings. The highest BCUT2D eigenvalue weighted by atomic mass is 79.9. The third-order valence-electron chi connectivity index (χ3n) is 1.95. The van der Waals surface area contributed by atoms with Crippen LogP contribution >= 0.6 is 39.1 Å². The van der Waals surface area contributed by atoms with Crippen molar-refractivity contribution in [3.63, 3.8) is 0 Å². The molecule has 0 unspecified atom stereocenters. The second kappa shape index (κ2) is 5.08. The third-order valence-corrected chi connectivity index (χ3v) is 3.45. The lowest BCUT2D eigenvalue weighted by Gasteiger charge is -2.08. The van der Waals surface area contributed by atoms with Crippen molar-refractivity contribution in [2.24, 2.45) is 0 Å². The molecule has 0 radical (unpaired) electrons. The smallest absolute Gasteiger partial charge is 0.222 e. The molecule has 17 heavy (non-hydrogen) atoms. The van der Waals surface area contributed by atoms with Crippen LogP contribution in [0.4, 0.5) is 17.5 Å². The number of anilines is 3. The maximum Gasteiger partial charge on any atom is 0.222 e. The highest BCUT2D eigenvalue weighted by Crippen LogP contribution is 2.28. The van der Waals surface area contributed by atoms with Gasteiger partial charge in [0.1, 0.15) is 5.02 Å². The summed E-state index contributed by atoms with van der Waals surface area (Å²) in [5, 5.41) is 3.99. The Morgan fingerprint density at radius 1 is 1.24 bits per heavy atom. The van der Waals surface area contributed by atoms with Gasteiger partial charge in [-0.05, 0) is 34.1 Å². The van der Waals surface area contributed by atoms with E-state index in [0.717, 1.165) is 10.2 Å². The monoisotopic (exact) mass is 332 g/mol. The number of rotatable bonds is 2. The maximum atomic E-state index is 5.97. The number of nitrogens with zero attached hydrogens (tertiary/aromatic N) is 2. The number of hydrogen-bond acceptors (Lipinski definition) is 4. The summed E-state index contributed by atoms with van der Waals surface area (Å²) in [6.07, 6.45) is 1.44. The fraction of sp³-hybridized carbons (Fsp3) is 0. The Morgan fingerprint density at radius 2 is 2.00 bits per heavy atom. The molecule has 0 saturated heterocycles. The Kier molecular flexibility index (Phi) is 3.71. The van der Waals surface area contributed by atoms with Crippen LogP contribution in [0.15, 0.2) is 28.9 Å². The number of hydrogen-bond donors (Lipinski definition) is 2. The molecule has 1 aromatic heterocycles. The fourth-order valence-corrected chi connectivity index (χ4v) is 1.74. The average molecular weight is 334 g/mol. The van der Waals surface area contributed by atoms with Crippen LogP contribution in [0.25, 0.3) is 0 Å².